The van der Waals surface area contributed by atoms with Crippen LogP contribution in [0.3, 0.4) is 0 Å². The summed E-state index contributed by atoms with van der Waals surface area (Å²) in [5, 5.41) is 0. The summed E-state index contributed by atoms with van der Waals surface area (Å²) in [5.74, 6) is 0.114. The molecule has 1 aromatic heterocycles. The summed E-state index contributed by atoms with van der Waals surface area (Å²) in [6, 6.07) is 3.38. The van der Waals surface area contributed by atoms with Crippen LogP contribution in [-0.2, 0) is 9.84 Å². The maximum absolute atomic E-state index is 10.9. The first kappa shape index (κ1) is 11.1. The molecule has 1 unspecified atom stereocenters. The van der Waals surface area contributed by atoms with Gasteiger partial charge in [-0.25, -0.2) is 8.42 Å². The largest absolute Gasteiger partial charge is 0.324 e. The SMILES string of the molecule is CS(=O)(=O)CCC(N)c1cccnc1. The average Bonchev–Trinajstić information content (AvgIpc) is 2.14. The predicted octanol–water partition coefficient (Wildman–Crippen LogP) is 0.516. The van der Waals surface area contributed by atoms with Gasteiger partial charge in [0.2, 0.25) is 0 Å². The first-order valence-electron chi connectivity index (χ1n) is 4.32. The van der Waals surface area contributed by atoms with Crippen molar-refractivity contribution in [3.05, 3.63) is 30.1 Å². The van der Waals surface area contributed by atoms with Crippen LogP contribution >= 0.6 is 0 Å². The van der Waals surface area contributed by atoms with E-state index in [4.69, 9.17) is 5.73 Å². The lowest BCUT2D eigenvalue weighted by molar-refractivity contribution is 0.591. The van der Waals surface area contributed by atoms with Gasteiger partial charge in [0.1, 0.15) is 9.84 Å². The third kappa shape index (κ3) is 3.85. The lowest BCUT2D eigenvalue weighted by atomic mass is 10.1. The fourth-order valence-electron chi connectivity index (χ4n) is 1.10. The van der Waals surface area contributed by atoms with E-state index in [9.17, 15) is 8.42 Å². The molecule has 0 saturated carbocycles. The second-order valence-corrected chi connectivity index (χ2v) is 5.57. The molecule has 1 rings (SSSR count). The highest BCUT2D eigenvalue weighted by atomic mass is 32.2. The van der Waals surface area contributed by atoms with E-state index in [-0.39, 0.29) is 11.8 Å². The molecule has 0 amide bonds. The first-order chi connectivity index (χ1) is 6.49. The fourth-order valence-corrected chi connectivity index (χ4v) is 1.79. The Morgan fingerprint density at radius 3 is 2.79 bits per heavy atom. The van der Waals surface area contributed by atoms with Crippen LogP contribution in [0, 0.1) is 0 Å². The summed E-state index contributed by atoms with van der Waals surface area (Å²) < 4.78 is 21.8. The molecular weight excluding hydrogens is 200 g/mol. The van der Waals surface area contributed by atoms with E-state index < -0.39 is 9.84 Å². The van der Waals surface area contributed by atoms with E-state index in [1.807, 2.05) is 6.07 Å². The van der Waals surface area contributed by atoms with Gasteiger partial charge in [0.25, 0.3) is 0 Å². The van der Waals surface area contributed by atoms with Gasteiger partial charge in [0.15, 0.2) is 0 Å². The van der Waals surface area contributed by atoms with Crippen molar-refractivity contribution in [2.24, 2.45) is 5.73 Å². The Kier molecular flexibility index (Phi) is 3.60. The van der Waals surface area contributed by atoms with Gasteiger partial charge in [0, 0.05) is 24.7 Å². The molecule has 5 heteroatoms. The number of rotatable bonds is 4. The minimum absolute atomic E-state index is 0.114. The van der Waals surface area contributed by atoms with Crippen LogP contribution < -0.4 is 5.73 Å². The lowest BCUT2D eigenvalue weighted by Gasteiger charge is -2.09. The van der Waals surface area contributed by atoms with Crippen molar-refractivity contribution in [1.29, 1.82) is 0 Å². The van der Waals surface area contributed by atoms with Gasteiger partial charge in [-0.3, -0.25) is 4.98 Å². The zero-order valence-corrected chi connectivity index (χ0v) is 8.87. The summed E-state index contributed by atoms with van der Waals surface area (Å²) in [4.78, 5) is 3.92. The number of hydrogen-bond donors (Lipinski definition) is 1. The van der Waals surface area contributed by atoms with Crippen LogP contribution in [0.15, 0.2) is 24.5 Å². The van der Waals surface area contributed by atoms with Crippen molar-refractivity contribution in [2.75, 3.05) is 12.0 Å². The van der Waals surface area contributed by atoms with Crippen LogP contribution in [0.25, 0.3) is 0 Å². The van der Waals surface area contributed by atoms with Crippen molar-refractivity contribution < 1.29 is 8.42 Å². The minimum Gasteiger partial charge on any atom is -0.324 e. The molecule has 0 aliphatic heterocycles. The molecule has 14 heavy (non-hydrogen) atoms. The van der Waals surface area contributed by atoms with Crippen LogP contribution in [0.4, 0.5) is 0 Å². The Hall–Kier alpha value is -0.940. The predicted molar refractivity (Wildman–Crippen MR) is 55.5 cm³/mol. The summed E-state index contributed by atoms with van der Waals surface area (Å²) in [5.41, 5.74) is 6.67. The second kappa shape index (κ2) is 4.52. The minimum atomic E-state index is -2.93. The van der Waals surface area contributed by atoms with Crippen molar-refractivity contribution in [2.45, 2.75) is 12.5 Å². The molecule has 0 aromatic carbocycles. The van der Waals surface area contributed by atoms with Crippen LogP contribution in [-0.4, -0.2) is 25.4 Å². The number of sulfone groups is 1. The van der Waals surface area contributed by atoms with Crippen LogP contribution in [0.2, 0.25) is 0 Å². The van der Waals surface area contributed by atoms with Gasteiger partial charge in [-0.15, -0.1) is 0 Å². The maximum Gasteiger partial charge on any atom is 0.147 e. The molecule has 1 atom stereocenters. The number of nitrogens with two attached hydrogens (primary N) is 1. The molecule has 1 aromatic rings. The Balaban J connectivity index is 2.56. The highest BCUT2D eigenvalue weighted by molar-refractivity contribution is 7.90. The fraction of sp³-hybridized carbons (Fsp3) is 0.444. The molecule has 1 heterocycles. The molecule has 0 radical (unpaired) electrons. The van der Waals surface area contributed by atoms with Crippen molar-refractivity contribution in [1.82, 2.24) is 4.98 Å². The lowest BCUT2D eigenvalue weighted by Crippen LogP contribution is -2.15. The van der Waals surface area contributed by atoms with E-state index in [0.717, 1.165) is 5.56 Å². The molecule has 2 N–H and O–H groups in total. The standard InChI is InChI=1S/C9H14N2O2S/c1-14(12,13)6-4-9(10)8-3-2-5-11-7-8/h2-3,5,7,9H,4,6,10H2,1H3. The van der Waals surface area contributed by atoms with E-state index in [1.165, 1.54) is 6.26 Å². The second-order valence-electron chi connectivity index (χ2n) is 3.31. The summed E-state index contributed by atoms with van der Waals surface area (Å²) >= 11 is 0. The molecule has 78 valence electrons. The maximum atomic E-state index is 10.9. The first-order valence-corrected chi connectivity index (χ1v) is 6.38. The summed E-state index contributed by atoms with van der Waals surface area (Å²) in [7, 11) is -2.93. The molecule has 0 aliphatic rings. The molecule has 0 aliphatic carbocycles. The summed E-state index contributed by atoms with van der Waals surface area (Å²) in [6.07, 6.45) is 4.97. The van der Waals surface area contributed by atoms with E-state index in [2.05, 4.69) is 4.98 Å². The van der Waals surface area contributed by atoms with Gasteiger partial charge in [-0.2, -0.15) is 0 Å². The van der Waals surface area contributed by atoms with E-state index in [0.29, 0.717) is 6.42 Å². The molecule has 0 bridgehead atoms. The number of aromatic nitrogens is 1. The van der Waals surface area contributed by atoms with Gasteiger partial charge < -0.3 is 5.73 Å². The molecule has 0 spiro atoms. The highest BCUT2D eigenvalue weighted by Gasteiger charge is 2.09. The van der Waals surface area contributed by atoms with Crippen molar-refractivity contribution in [3.63, 3.8) is 0 Å². The van der Waals surface area contributed by atoms with Crippen molar-refractivity contribution in [3.8, 4) is 0 Å². The highest BCUT2D eigenvalue weighted by Crippen LogP contribution is 2.12. The molecule has 4 nitrogen and oxygen atoms in total. The molecule has 0 fully saturated rings. The van der Waals surface area contributed by atoms with E-state index in [1.54, 1.807) is 18.5 Å². The monoisotopic (exact) mass is 214 g/mol. The quantitative estimate of drug-likeness (QED) is 0.792. The van der Waals surface area contributed by atoms with Gasteiger partial charge in [0.05, 0.1) is 5.75 Å². The third-order valence-corrected chi connectivity index (χ3v) is 2.89. The normalized spacial score (nSPS) is 13.9. The number of pyridine rings is 1. The zero-order chi connectivity index (χ0) is 10.6. The Bertz CT molecular complexity index is 375. The Morgan fingerprint density at radius 2 is 2.29 bits per heavy atom. The van der Waals surface area contributed by atoms with Gasteiger partial charge in [-0.05, 0) is 18.1 Å². The third-order valence-electron chi connectivity index (χ3n) is 1.91. The molecule has 0 saturated heterocycles. The number of hydrogen-bond acceptors (Lipinski definition) is 4. The van der Waals surface area contributed by atoms with Gasteiger partial charge in [-0.1, -0.05) is 6.07 Å². The van der Waals surface area contributed by atoms with Crippen molar-refractivity contribution >= 4 is 9.84 Å². The number of nitrogens with zero attached hydrogens (tertiary/aromatic N) is 1. The van der Waals surface area contributed by atoms with Gasteiger partial charge >= 0.3 is 0 Å². The average molecular weight is 214 g/mol. The Morgan fingerprint density at radius 1 is 1.57 bits per heavy atom. The zero-order valence-electron chi connectivity index (χ0n) is 8.05. The van der Waals surface area contributed by atoms with Crippen LogP contribution in [0.5, 0.6) is 0 Å². The smallest absolute Gasteiger partial charge is 0.147 e. The topological polar surface area (TPSA) is 73.0 Å². The molecular formula is C9H14N2O2S. The summed E-state index contributed by atoms with van der Waals surface area (Å²) in [6.45, 7) is 0. The van der Waals surface area contributed by atoms with E-state index >= 15 is 0 Å². The van der Waals surface area contributed by atoms with Crippen LogP contribution in [0.1, 0.15) is 18.0 Å². The Labute approximate surface area is 84.1 Å².